The van der Waals surface area contributed by atoms with E-state index in [2.05, 4.69) is 0 Å². The van der Waals surface area contributed by atoms with Crippen LogP contribution < -0.4 is 5.73 Å². The molecule has 0 radical (unpaired) electrons. The first-order valence-electron chi connectivity index (χ1n) is 4.30. The summed E-state index contributed by atoms with van der Waals surface area (Å²) in [6, 6.07) is 4.19. The van der Waals surface area contributed by atoms with Crippen molar-refractivity contribution in [2.24, 2.45) is 0 Å². The zero-order valence-electron chi connectivity index (χ0n) is 8.05. The summed E-state index contributed by atoms with van der Waals surface area (Å²) in [6.45, 7) is 0. The Morgan fingerprint density at radius 2 is 2.00 bits per heavy atom. The lowest BCUT2D eigenvalue weighted by atomic mass is 10.3. The van der Waals surface area contributed by atoms with E-state index in [0.717, 1.165) is 0 Å². The molecule has 1 atom stereocenters. The minimum Gasteiger partial charge on any atom is -0.399 e. The van der Waals surface area contributed by atoms with Crippen LogP contribution in [-0.2, 0) is 10.8 Å². The Kier molecular flexibility index (Phi) is 4.21. The fourth-order valence-corrected chi connectivity index (χ4v) is 2.60. The number of rotatable bonds is 3. The molecular formula is C9H9ClF3NOS. The second-order valence-electron chi connectivity index (χ2n) is 3.10. The number of nitrogen functional groups attached to an aromatic ring is 1. The number of hydrogen-bond acceptors (Lipinski definition) is 2. The molecule has 7 heteroatoms. The number of nitrogens with two attached hydrogens (primary N) is 1. The van der Waals surface area contributed by atoms with Crippen LogP contribution in [-0.4, -0.2) is 16.1 Å². The van der Waals surface area contributed by atoms with Crippen LogP contribution in [0.1, 0.15) is 6.42 Å². The van der Waals surface area contributed by atoms with Crippen molar-refractivity contribution in [3.8, 4) is 0 Å². The summed E-state index contributed by atoms with van der Waals surface area (Å²) in [7, 11) is -1.76. The van der Waals surface area contributed by atoms with E-state index >= 15 is 0 Å². The van der Waals surface area contributed by atoms with Crippen LogP contribution >= 0.6 is 11.6 Å². The monoisotopic (exact) mass is 271 g/mol. The Morgan fingerprint density at radius 3 is 2.50 bits per heavy atom. The lowest BCUT2D eigenvalue weighted by molar-refractivity contribution is -0.129. The first-order valence-corrected chi connectivity index (χ1v) is 5.99. The summed E-state index contributed by atoms with van der Waals surface area (Å²) in [5.74, 6) is -0.493. The molecule has 90 valence electrons. The smallest absolute Gasteiger partial charge is 0.390 e. The van der Waals surface area contributed by atoms with Gasteiger partial charge in [-0.2, -0.15) is 13.2 Å². The van der Waals surface area contributed by atoms with E-state index in [0.29, 0.717) is 5.69 Å². The van der Waals surface area contributed by atoms with Crippen LogP contribution in [0, 0.1) is 0 Å². The van der Waals surface area contributed by atoms with Crippen molar-refractivity contribution >= 4 is 28.1 Å². The molecule has 0 saturated carbocycles. The maximum atomic E-state index is 11.9. The molecule has 0 heterocycles. The van der Waals surface area contributed by atoms with Crippen molar-refractivity contribution in [3.63, 3.8) is 0 Å². The topological polar surface area (TPSA) is 43.1 Å². The molecule has 0 aliphatic rings. The number of halogens is 4. The third kappa shape index (κ3) is 4.02. The van der Waals surface area contributed by atoms with Crippen molar-refractivity contribution in [1.29, 1.82) is 0 Å². The SMILES string of the molecule is Nc1ccc(S(=O)CCC(F)(F)F)c(Cl)c1. The predicted molar refractivity (Wildman–Crippen MR) is 57.8 cm³/mol. The molecule has 1 unspecified atom stereocenters. The average molecular weight is 272 g/mol. The van der Waals surface area contributed by atoms with Crippen LogP contribution in [0.5, 0.6) is 0 Å². The summed E-state index contributed by atoms with van der Waals surface area (Å²) < 4.78 is 47.2. The highest BCUT2D eigenvalue weighted by Gasteiger charge is 2.28. The van der Waals surface area contributed by atoms with Crippen molar-refractivity contribution in [1.82, 2.24) is 0 Å². The summed E-state index contributed by atoms with van der Waals surface area (Å²) in [4.78, 5) is 0.181. The lowest BCUT2D eigenvalue weighted by Gasteiger charge is -2.07. The van der Waals surface area contributed by atoms with Crippen molar-refractivity contribution in [3.05, 3.63) is 23.2 Å². The van der Waals surface area contributed by atoms with E-state index in [-0.39, 0.29) is 9.92 Å². The van der Waals surface area contributed by atoms with E-state index in [4.69, 9.17) is 17.3 Å². The average Bonchev–Trinajstić information content (AvgIpc) is 2.13. The first kappa shape index (κ1) is 13.3. The number of hydrogen-bond donors (Lipinski definition) is 1. The Labute approximate surface area is 98.0 Å². The van der Waals surface area contributed by atoms with Gasteiger partial charge >= 0.3 is 6.18 Å². The Bertz CT molecular complexity index is 408. The highest BCUT2D eigenvalue weighted by Crippen LogP contribution is 2.25. The molecule has 2 N–H and O–H groups in total. The fourth-order valence-electron chi connectivity index (χ4n) is 1.02. The molecule has 1 aromatic carbocycles. The molecule has 2 nitrogen and oxygen atoms in total. The third-order valence-corrected chi connectivity index (χ3v) is 3.62. The molecule has 1 rings (SSSR count). The molecule has 0 spiro atoms. The van der Waals surface area contributed by atoms with E-state index in [9.17, 15) is 17.4 Å². The quantitative estimate of drug-likeness (QED) is 0.859. The van der Waals surface area contributed by atoms with Crippen LogP contribution in [0.2, 0.25) is 5.02 Å². The minimum absolute atomic E-state index is 0.125. The molecule has 1 aromatic rings. The van der Waals surface area contributed by atoms with E-state index in [1.807, 2.05) is 0 Å². The summed E-state index contributed by atoms with van der Waals surface area (Å²) >= 11 is 5.72. The molecule has 0 amide bonds. The van der Waals surface area contributed by atoms with Gasteiger partial charge in [-0.15, -0.1) is 0 Å². The normalized spacial score (nSPS) is 13.8. The van der Waals surface area contributed by atoms with E-state index in [1.54, 1.807) is 0 Å². The third-order valence-electron chi connectivity index (χ3n) is 1.77. The van der Waals surface area contributed by atoms with Gasteiger partial charge < -0.3 is 5.73 Å². The van der Waals surface area contributed by atoms with Crippen molar-refractivity contribution < 1.29 is 17.4 Å². The minimum atomic E-state index is -4.31. The van der Waals surface area contributed by atoms with Gasteiger partial charge in [0.25, 0.3) is 0 Å². The molecule has 0 bridgehead atoms. The zero-order chi connectivity index (χ0) is 12.3. The summed E-state index contributed by atoms with van der Waals surface area (Å²) in [5.41, 5.74) is 5.78. The number of anilines is 1. The van der Waals surface area contributed by atoms with Gasteiger partial charge in [0.15, 0.2) is 0 Å². The standard InChI is InChI=1S/C9H9ClF3NOS/c10-7-5-6(14)1-2-8(7)16(15)4-3-9(11,12)13/h1-2,5H,3-4,14H2. The van der Waals surface area contributed by atoms with Gasteiger partial charge in [0.05, 0.1) is 27.1 Å². The van der Waals surface area contributed by atoms with Gasteiger partial charge in [0, 0.05) is 11.4 Å². The van der Waals surface area contributed by atoms with Gasteiger partial charge in [-0.25, -0.2) is 0 Å². The molecule has 0 aromatic heterocycles. The summed E-state index contributed by atoms with van der Waals surface area (Å²) in [5, 5.41) is 0.125. The molecule has 16 heavy (non-hydrogen) atoms. The van der Waals surface area contributed by atoms with E-state index in [1.165, 1.54) is 18.2 Å². The fraction of sp³-hybridized carbons (Fsp3) is 0.333. The predicted octanol–water partition coefficient (Wildman–Crippen LogP) is 2.98. The van der Waals surface area contributed by atoms with Crippen LogP contribution in [0.15, 0.2) is 23.1 Å². The largest absolute Gasteiger partial charge is 0.399 e. The molecule has 0 aliphatic carbocycles. The lowest BCUT2D eigenvalue weighted by Crippen LogP contribution is -2.12. The van der Waals surface area contributed by atoms with Crippen LogP contribution in [0.4, 0.5) is 18.9 Å². The highest BCUT2D eigenvalue weighted by atomic mass is 35.5. The van der Waals surface area contributed by atoms with Gasteiger partial charge in [-0.3, -0.25) is 4.21 Å². The van der Waals surface area contributed by atoms with Gasteiger partial charge in [-0.1, -0.05) is 11.6 Å². The Balaban J connectivity index is 2.74. The van der Waals surface area contributed by atoms with Gasteiger partial charge in [0.1, 0.15) is 0 Å². The number of alkyl halides is 3. The molecule has 0 fully saturated rings. The van der Waals surface area contributed by atoms with Gasteiger partial charge in [0.2, 0.25) is 0 Å². The van der Waals surface area contributed by atoms with Crippen LogP contribution in [0.3, 0.4) is 0 Å². The number of benzene rings is 1. The maximum absolute atomic E-state index is 11.9. The summed E-state index contributed by atoms with van der Waals surface area (Å²) in [6.07, 6.45) is -5.41. The van der Waals surface area contributed by atoms with Crippen molar-refractivity contribution in [2.75, 3.05) is 11.5 Å². The highest BCUT2D eigenvalue weighted by molar-refractivity contribution is 7.85. The van der Waals surface area contributed by atoms with Crippen LogP contribution in [0.25, 0.3) is 0 Å². The van der Waals surface area contributed by atoms with Gasteiger partial charge in [-0.05, 0) is 18.2 Å². The first-order chi connectivity index (χ1) is 7.29. The molecule has 0 saturated heterocycles. The maximum Gasteiger partial charge on any atom is 0.390 e. The Morgan fingerprint density at radius 1 is 1.38 bits per heavy atom. The zero-order valence-corrected chi connectivity index (χ0v) is 9.62. The van der Waals surface area contributed by atoms with Crippen molar-refractivity contribution in [2.45, 2.75) is 17.5 Å². The Hall–Kier alpha value is -0.750. The molecule has 0 aliphatic heterocycles. The van der Waals surface area contributed by atoms with E-state index < -0.39 is 29.1 Å². The second kappa shape index (κ2) is 5.05. The molecular weight excluding hydrogens is 263 g/mol. The second-order valence-corrected chi connectivity index (χ2v) is 5.05.